The van der Waals surface area contributed by atoms with Crippen LogP contribution < -0.4 is 15.0 Å². The first-order valence-corrected chi connectivity index (χ1v) is 5.69. The van der Waals surface area contributed by atoms with Gasteiger partial charge in [0.1, 0.15) is 5.82 Å². The molecule has 0 atom stereocenters. The van der Waals surface area contributed by atoms with Gasteiger partial charge in [-0.1, -0.05) is 0 Å². The van der Waals surface area contributed by atoms with E-state index < -0.39 is 0 Å². The van der Waals surface area contributed by atoms with Gasteiger partial charge in [-0.3, -0.25) is 4.79 Å². The highest BCUT2D eigenvalue weighted by Crippen LogP contribution is 2.29. The van der Waals surface area contributed by atoms with E-state index in [-0.39, 0.29) is 12.0 Å². The van der Waals surface area contributed by atoms with Crippen LogP contribution in [0.3, 0.4) is 0 Å². The molecule has 0 saturated heterocycles. The number of rotatable bonds is 4. The van der Waals surface area contributed by atoms with Crippen LogP contribution in [0, 0.1) is 0 Å². The summed E-state index contributed by atoms with van der Waals surface area (Å²) in [6.45, 7) is 0. The van der Waals surface area contributed by atoms with Crippen LogP contribution in [0.25, 0.3) is 0 Å². The van der Waals surface area contributed by atoms with Crippen molar-refractivity contribution < 1.29 is 9.53 Å². The van der Waals surface area contributed by atoms with E-state index >= 15 is 0 Å². The zero-order valence-electron chi connectivity index (χ0n) is 10.4. The number of hydrogen-bond acceptors (Lipinski definition) is 4. The van der Waals surface area contributed by atoms with Gasteiger partial charge in [0.25, 0.3) is 5.91 Å². The summed E-state index contributed by atoms with van der Waals surface area (Å²) in [5.41, 5.74) is 0.352. The summed E-state index contributed by atoms with van der Waals surface area (Å²) in [7, 11) is 5.36. The minimum absolute atomic E-state index is 0.218. The largest absolute Gasteiger partial charge is 0.488 e. The van der Waals surface area contributed by atoms with Crippen molar-refractivity contribution in [3.05, 3.63) is 17.8 Å². The van der Waals surface area contributed by atoms with Crippen molar-refractivity contribution in [3.8, 4) is 5.75 Å². The van der Waals surface area contributed by atoms with E-state index in [2.05, 4.69) is 10.3 Å². The fourth-order valence-electron chi connectivity index (χ4n) is 1.43. The molecule has 0 bridgehead atoms. The molecule has 1 heterocycles. The summed E-state index contributed by atoms with van der Waals surface area (Å²) < 4.78 is 5.67. The lowest BCUT2D eigenvalue weighted by Gasteiger charge is -2.15. The molecule has 5 nitrogen and oxygen atoms in total. The van der Waals surface area contributed by atoms with Gasteiger partial charge in [-0.05, 0) is 25.0 Å². The Morgan fingerprint density at radius 2 is 2.18 bits per heavy atom. The molecule has 0 aliphatic heterocycles. The topological polar surface area (TPSA) is 54.5 Å². The van der Waals surface area contributed by atoms with E-state index in [9.17, 15) is 4.79 Å². The van der Waals surface area contributed by atoms with Crippen LogP contribution in [0.15, 0.2) is 12.1 Å². The molecule has 2 rings (SSSR count). The fraction of sp³-hybridized carbons (Fsp3) is 0.500. The summed E-state index contributed by atoms with van der Waals surface area (Å²) in [5.74, 6) is 1.09. The summed E-state index contributed by atoms with van der Waals surface area (Å²) in [6.07, 6.45) is 2.37. The third-order valence-corrected chi connectivity index (χ3v) is 2.56. The van der Waals surface area contributed by atoms with Gasteiger partial charge in [0.2, 0.25) is 0 Å². The van der Waals surface area contributed by atoms with Crippen LogP contribution in [0.1, 0.15) is 23.3 Å². The maximum Gasteiger partial charge on any atom is 0.273 e. The third-order valence-electron chi connectivity index (χ3n) is 2.56. The number of aromatic nitrogens is 1. The third kappa shape index (κ3) is 2.67. The smallest absolute Gasteiger partial charge is 0.273 e. The first kappa shape index (κ1) is 11.7. The molecule has 1 N–H and O–H groups in total. The average molecular weight is 235 g/mol. The molecule has 0 aromatic carbocycles. The number of pyridine rings is 1. The highest BCUT2D eigenvalue weighted by molar-refractivity contribution is 5.95. The lowest BCUT2D eigenvalue weighted by molar-refractivity contribution is 0.0953. The Kier molecular flexibility index (Phi) is 3.17. The first-order chi connectivity index (χ1) is 8.11. The fourth-order valence-corrected chi connectivity index (χ4v) is 1.43. The number of hydrogen-bond donors (Lipinski definition) is 1. The van der Waals surface area contributed by atoms with E-state index in [4.69, 9.17) is 4.74 Å². The van der Waals surface area contributed by atoms with Gasteiger partial charge in [0.05, 0.1) is 6.10 Å². The molecule has 1 aliphatic carbocycles. The number of carbonyl (C=O) groups excluding carboxylic acids is 1. The van der Waals surface area contributed by atoms with Gasteiger partial charge < -0.3 is 15.0 Å². The SMILES string of the molecule is CNC(=O)c1nc(N(C)C)ccc1OC1CC1. The van der Waals surface area contributed by atoms with E-state index in [1.54, 1.807) is 7.05 Å². The number of amides is 1. The van der Waals surface area contributed by atoms with Crippen LogP contribution in [-0.2, 0) is 0 Å². The van der Waals surface area contributed by atoms with Gasteiger partial charge in [-0.25, -0.2) is 4.98 Å². The molecule has 1 aliphatic rings. The van der Waals surface area contributed by atoms with E-state index in [0.29, 0.717) is 11.4 Å². The monoisotopic (exact) mass is 235 g/mol. The van der Waals surface area contributed by atoms with Crippen molar-refractivity contribution >= 4 is 11.7 Å². The van der Waals surface area contributed by atoms with Crippen molar-refractivity contribution in [2.45, 2.75) is 18.9 Å². The van der Waals surface area contributed by atoms with E-state index in [0.717, 1.165) is 18.7 Å². The lowest BCUT2D eigenvalue weighted by Crippen LogP contribution is -2.22. The van der Waals surface area contributed by atoms with E-state index in [1.165, 1.54) is 0 Å². The molecule has 92 valence electrons. The Bertz CT molecular complexity index is 428. The number of ether oxygens (including phenoxy) is 1. The average Bonchev–Trinajstić information content (AvgIpc) is 3.12. The van der Waals surface area contributed by atoms with Gasteiger partial charge in [0.15, 0.2) is 11.4 Å². The normalized spacial score (nSPS) is 14.3. The molecule has 1 aromatic heterocycles. The molecule has 1 aromatic rings. The van der Waals surface area contributed by atoms with Crippen molar-refractivity contribution in [2.75, 3.05) is 26.0 Å². The number of anilines is 1. The van der Waals surface area contributed by atoms with Crippen LogP contribution in [0.5, 0.6) is 5.75 Å². The number of nitrogens with one attached hydrogen (secondary N) is 1. The Balaban J connectivity index is 2.32. The molecule has 0 radical (unpaired) electrons. The maximum atomic E-state index is 11.7. The Morgan fingerprint density at radius 3 is 2.71 bits per heavy atom. The number of carbonyl (C=O) groups is 1. The van der Waals surface area contributed by atoms with Crippen molar-refractivity contribution in [1.82, 2.24) is 10.3 Å². The van der Waals surface area contributed by atoms with Crippen LogP contribution in [0.2, 0.25) is 0 Å². The Labute approximate surface area is 101 Å². The van der Waals surface area contributed by atoms with Gasteiger partial charge >= 0.3 is 0 Å². The summed E-state index contributed by atoms with van der Waals surface area (Å²) >= 11 is 0. The second-order valence-electron chi connectivity index (χ2n) is 4.31. The van der Waals surface area contributed by atoms with Gasteiger partial charge in [-0.2, -0.15) is 0 Å². The molecule has 0 spiro atoms. The summed E-state index contributed by atoms with van der Waals surface area (Å²) in [6, 6.07) is 3.66. The van der Waals surface area contributed by atoms with Gasteiger partial charge in [0, 0.05) is 21.1 Å². The minimum Gasteiger partial charge on any atom is -0.488 e. The lowest BCUT2D eigenvalue weighted by atomic mass is 10.3. The Hall–Kier alpha value is -1.78. The first-order valence-electron chi connectivity index (χ1n) is 5.69. The summed E-state index contributed by atoms with van der Waals surface area (Å²) in [4.78, 5) is 17.9. The molecule has 17 heavy (non-hydrogen) atoms. The second kappa shape index (κ2) is 4.61. The zero-order valence-corrected chi connectivity index (χ0v) is 10.4. The standard InChI is InChI=1S/C12H17N3O2/c1-13-12(16)11-9(17-8-4-5-8)6-7-10(14-11)15(2)3/h6-8H,4-5H2,1-3H3,(H,13,16). The maximum absolute atomic E-state index is 11.7. The summed E-state index contributed by atoms with van der Waals surface area (Å²) in [5, 5.41) is 2.58. The van der Waals surface area contributed by atoms with E-state index in [1.807, 2.05) is 31.1 Å². The zero-order chi connectivity index (χ0) is 12.4. The van der Waals surface area contributed by atoms with Crippen molar-refractivity contribution in [2.24, 2.45) is 0 Å². The molecule has 1 saturated carbocycles. The molecular formula is C12H17N3O2. The van der Waals surface area contributed by atoms with Crippen LogP contribution in [0.4, 0.5) is 5.82 Å². The van der Waals surface area contributed by atoms with Crippen molar-refractivity contribution in [3.63, 3.8) is 0 Å². The second-order valence-corrected chi connectivity index (χ2v) is 4.31. The molecular weight excluding hydrogens is 218 g/mol. The Morgan fingerprint density at radius 1 is 1.47 bits per heavy atom. The minimum atomic E-state index is -0.218. The predicted molar refractivity (Wildman–Crippen MR) is 65.6 cm³/mol. The van der Waals surface area contributed by atoms with Crippen LogP contribution >= 0.6 is 0 Å². The quantitative estimate of drug-likeness (QED) is 0.847. The van der Waals surface area contributed by atoms with Crippen molar-refractivity contribution in [1.29, 1.82) is 0 Å². The van der Waals surface area contributed by atoms with Crippen LogP contribution in [-0.4, -0.2) is 38.1 Å². The van der Waals surface area contributed by atoms with Gasteiger partial charge in [-0.15, -0.1) is 0 Å². The predicted octanol–water partition coefficient (Wildman–Crippen LogP) is 1.05. The molecule has 5 heteroatoms. The molecule has 0 unspecified atom stereocenters. The highest BCUT2D eigenvalue weighted by atomic mass is 16.5. The molecule has 1 fully saturated rings. The molecule has 1 amide bonds. The highest BCUT2D eigenvalue weighted by Gasteiger charge is 2.26. The number of nitrogens with zero attached hydrogens (tertiary/aromatic N) is 2.